The van der Waals surface area contributed by atoms with Gasteiger partial charge in [0.25, 0.3) is 0 Å². The number of methoxy groups -OCH3 is 1. The summed E-state index contributed by atoms with van der Waals surface area (Å²) in [4.78, 5) is 24.9. The minimum atomic E-state index is -0.792. The second kappa shape index (κ2) is 8.14. The summed E-state index contributed by atoms with van der Waals surface area (Å²) in [5.41, 5.74) is 2.79. The third-order valence-corrected chi connectivity index (χ3v) is 5.07. The SMILES string of the molecule is COc1ccc(C(=O)OCC(=O)c2cc(C)n(-c3ccc4c(c3)OCO4)c2C)cc1F. The molecule has 0 spiro atoms. The molecule has 160 valence electrons. The van der Waals surface area contributed by atoms with Crippen LogP contribution in [0.3, 0.4) is 0 Å². The number of aryl methyl sites for hydroxylation is 1. The maximum Gasteiger partial charge on any atom is 0.338 e. The number of esters is 1. The van der Waals surface area contributed by atoms with Gasteiger partial charge in [0.1, 0.15) is 0 Å². The standard InChI is InChI=1S/C23H20FNO6/c1-13-8-17(14(2)25(13)16-5-7-21-22(10-16)31-12-30-21)19(26)11-29-23(27)15-4-6-20(28-3)18(24)9-15/h4-10H,11-12H2,1-3H3. The van der Waals surface area contributed by atoms with Crippen molar-refractivity contribution in [2.24, 2.45) is 0 Å². The number of hydrogen-bond acceptors (Lipinski definition) is 6. The Morgan fingerprint density at radius 2 is 1.84 bits per heavy atom. The van der Waals surface area contributed by atoms with E-state index in [-0.39, 0.29) is 23.9 Å². The van der Waals surface area contributed by atoms with Crippen LogP contribution in [0.4, 0.5) is 4.39 Å². The van der Waals surface area contributed by atoms with E-state index < -0.39 is 18.4 Å². The van der Waals surface area contributed by atoms with Crippen molar-refractivity contribution in [2.45, 2.75) is 13.8 Å². The predicted octanol–water partition coefficient (Wildman–Crippen LogP) is 4.01. The van der Waals surface area contributed by atoms with Crippen LogP contribution in [0.5, 0.6) is 17.2 Å². The Labute approximate surface area is 177 Å². The van der Waals surface area contributed by atoms with Crippen molar-refractivity contribution in [3.05, 3.63) is 70.8 Å². The first-order chi connectivity index (χ1) is 14.9. The van der Waals surface area contributed by atoms with E-state index in [2.05, 4.69) is 0 Å². The number of fused-ring (bicyclic) bond motifs is 1. The lowest BCUT2D eigenvalue weighted by Gasteiger charge is -2.11. The molecule has 31 heavy (non-hydrogen) atoms. The van der Waals surface area contributed by atoms with Crippen molar-refractivity contribution < 1.29 is 32.9 Å². The summed E-state index contributed by atoms with van der Waals surface area (Å²) >= 11 is 0. The summed E-state index contributed by atoms with van der Waals surface area (Å²) in [5.74, 6) is -0.510. The first-order valence-corrected chi connectivity index (χ1v) is 9.52. The van der Waals surface area contributed by atoms with Crippen molar-refractivity contribution in [1.82, 2.24) is 4.57 Å². The molecule has 8 heteroatoms. The molecule has 0 aliphatic carbocycles. The topological polar surface area (TPSA) is 76.0 Å². The van der Waals surface area contributed by atoms with Crippen molar-refractivity contribution in [3.63, 3.8) is 0 Å². The zero-order valence-electron chi connectivity index (χ0n) is 17.2. The van der Waals surface area contributed by atoms with Crippen LogP contribution in [0, 0.1) is 19.7 Å². The van der Waals surface area contributed by atoms with Gasteiger partial charge in [0.05, 0.1) is 12.7 Å². The van der Waals surface area contributed by atoms with E-state index in [9.17, 15) is 14.0 Å². The number of nitrogens with zero attached hydrogens (tertiary/aromatic N) is 1. The molecule has 1 aliphatic rings. The molecule has 0 unspecified atom stereocenters. The molecule has 0 atom stereocenters. The van der Waals surface area contributed by atoms with E-state index >= 15 is 0 Å². The van der Waals surface area contributed by atoms with Gasteiger partial charge in [-0.05, 0) is 50.2 Å². The van der Waals surface area contributed by atoms with Crippen LogP contribution in [0.1, 0.15) is 32.1 Å². The Morgan fingerprint density at radius 3 is 2.58 bits per heavy atom. The Bertz CT molecular complexity index is 1180. The maximum atomic E-state index is 13.8. The zero-order valence-corrected chi connectivity index (χ0v) is 17.2. The second-order valence-corrected chi connectivity index (χ2v) is 7.01. The van der Waals surface area contributed by atoms with Crippen LogP contribution >= 0.6 is 0 Å². The van der Waals surface area contributed by atoms with Gasteiger partial charge in [-0.2, -0.15) is 0 Å². The Hall–Kier alpha value is -3.81. The molecular formula is C23H20FNO6. The number of hydrogen-bond donors (Lipinski definition) is 0. The fourth-order valence-corrected chi connectivity index (χ4v) is 3.55. The fourth-order valence-electron chi connectivity index (χ4n) is 3.55. The minimum Gasteiger partial charge on any atom is -0.494 e. The van der Waals surface area contributed by atoms with Gasteiger partial charge in [-0.1, -0.05) is 0 Å². The van der Waals surface area contributed by atoms with Crippen LogP contribution in [-0.2, 0) is 4.74 Å². The van der Waals surface area contributed by atoms with Gasteiger partial charge in [0, 0.05) is 28.7 Å². The number of ether oxygens (including phenoxy) is 4. The maximum absolute atomic E-state index is 13.8. The number of ketones is 1. The lowest BCUT2D eigenvalue weighted by molar-refractivity contribution is 0.0474. The lowest BCUT2D eigenvalue weighted by atomic mass is 10.1. The average molecular weight is 425 g/mol. The van der Waals surface area contributed by atoms with E-state index in [4.69, 9.17) is 18.9 Å². The average Bonchev–Trinajstić information content (AvgIpc) is 3.34. The largest absolute Gasteiger partial charge is 0.494 e. The molecule has 7 nitrogen and oxygen atoms in total. The minimum absolute atomic E-state index is 0.00284. The quantitative estimate of drug-likeness (QED) is 0.439. The van der Waals surface area contributed by atoms with Gasteiger partial charge in [-0.25, -0.2) is 9.18 Å². The number of benzene rings is 2. The van der Waals surface area contributed by atoms with Crippen LogP contribution in [-0.4, -0.2) is 36.8 Å². The molecule has 0 saturated heterocycles. The van der Waals surface area contributed by atoms with Gasteiger partial charge in [0.15, 0.2) is 29.7 Å². The molecule has 0 radical (unpaired) electrons. The number of rotatable bonds is 6. The highest BCUT2D eigenvalue weighted by atomic mass is 19.1. The summed E-state index contributed by atoms with van der Waals surface area (Å²) in [6.45, 7) is 3.40. The fraction of sp³-hybridized carbons (Fsp3) is 0.217. The summed E-state index contributed by atoms with van der Waals surface area (Å²) < 4.78 is 36.4. The highest BCUT2D eigenvalue weighted by Gasteiger charge is 2.21. The van der Waals surface area contributed by atoms with Gasteiger partial charge in [-0.15, -0.1) is 0 Å². The van der Waals surface area contributed by atoms with Crippen LogP contribution in [0.2, 0.25) is 0 Å². The first-order valence-electron chi connectivity index (χ1n) is 9.52. The van der Waals surface area contributed by atoms with Gasteiger partial charge in [-0.3, -0.25) is 4.79 Å². The number of halogens is 1. The predicted molar refractivity (Wildman–Crippen MR) is 109 cm³/mol. The third kappa shape index (κ3) is 3.84. The molecule has 0 amide bonds. The molecule has 2 heterocycles. The second-order valence-electron chi connectivity index (χ2n) is 7.01. The van der Waals surface area contributed by atoms with E-state index in [1.165, 1.54) is 19.2 Å². The Morgan fingerprint density at radius 1 is 1.06 bits per heavy atom. The molecule has 1 aliphatic heterocycles. The highest BCUT2D eigenvalue weighted by molar-refractivity contribution is 6.00. The monoisotopic (exact) mass is 425 g/mol. The van der Waals surface area contributed by atoms with E-state index in [1.54, 1.807) is 6.07 Å². The van der Waals surface area contributed by atoms with Gasteiger partial charge >= 0.3 is 5.97 Å². The number of carbonyl (C=O) groups is 2. The van der Waals surface area contributed by atoms with E-state index in [1.807, 2.05) is 36.6 Å². The zero-order chi connectivity index (χ0) is 22.1. The summed E-state index contributed by atoms with van der Waals surface area (Å²) in [6, 6.07) is 11.0. The Balaban J connectivity index is 1.50. The van der Waals surface area contributed by atoms with Crippen LogP contribution in [0.25, 0.3) is 5.69 Å². The molecular weight excluding hydrogens is 405 g/mol. The molecule has 4 rings (SSSR count). The lowest BCUT2D eigenvalue weighted by Crippen LogP contribution is -2.15. The number of Topliss-reactive ketones (excluding diaryl/α,β-unsaturated/α-hetero) is 1. The number of aromatic nitrogens is 1. The van der Waals surface area contributed by atoms with Gasteiger partial charge < -0.3 is 23.5 Å². The van der Waals surface area contributed by atoms with Crippen molar-refractivity contribution in [1.29, 1.82) is 0 Å². The molecule has 1 aromatic heterocycles. The molecule has 0 N–H and O–H groups in total. The summed E-state index contributed by atoms with van der Waals surface area (Å²) in [7, 11) is 1.33. The molecule has 3 aromatic rings. The molecule has 2 aromatic carbocycles. The summed E-state index contributed by atoms with van der Waals surface area (Å²) in [6.07, 6.45) is 0. The molecule has 0 fully saturated rings. The normalized spacial score (nSPS) is 12.0. The van der Waals surface area contributed by atoms with Crippen LogP contribution < -0.4 is 14.2 Å². The number of carbonyl (C=O) groups excluding carboxylic acids is 2. The molecule has 0 bridgehead atoms. The first kappa shape index (κ1) is 20.5. The molecule has 0 saturated carbocycles. The third-order valence-electron chi connectivity index (χ3n) is 5.07. The van der Waals surface area contributed by atoms with Gasteiger partial charge in [0.2, 0.25) is 12.6 Å². The smallest absolute Gasteiger partial charge is 0.338 e. The van der Waals surface area contributed by atoms with E-state index in [0.717, 1.165) is 17.4 Å². The Kier molecular flexibility index (Phi) is 5.37. The van der Waals surface area contributed by atoms with E-state index in [0.29, 0.717) is 22.8 Å². The van der Waals surface area contributed by atoms with Crippen molar-refractivity contribution in [2.75, 3.05) is 20.5 Å². The van der Waals surface area contributed by atoms with Crippen LogP contribution in [0.15, 0.2) is 42.5 Å². The van der Waals surface area contributed by atoms with Crippen molar-refractivity contribution in [3.8, 4) is 22.9 Å². The summed E-state index contributed by atoms with van der Waals surface area (Å²) in [5, 5.41) is 0. The van der Waals surface area contributed by atoms with Crippen molar-refractivity contribution >= 4 is 11.8 Å². The highest BCUT2D eigenvalue weighted by Crippen LogP contribution is 2.35.